The highest BCUT2D eigenvalue weighted by atomic mass is 35.5. The molecule has 0 amide bonds. The van der Waals surface area contributed by atoms with E-state index in [2.05, 4.69) is 4.98 Å². The minimum Gasteiger partial charge on any atom is -0.478 e. The van der Waals surface area contributed by atoms with Gasteiger partial charge in [-0.05, 0) is 36.4 Å². The summed E-state index contributed by atoms with van der Waals surface area (Å²) in [6, 6.07) is 15.1. The van der Waals surface area contributed by atoms with E-state index in [0.29, 0.717) is 32.0 Å². The predicted molar refractivity (Wildman–Crippen MR) is 97.1 cm³/mol. The summed E-state index contributed by atoms with van der Waals surface area (Å²) >= 11 is 17.9. The molecule has 0 aliphatic carbocycles. The second kappa shape index (κ2) is 6.81. The highest BCUT2D eigenvalue weighted by Crippen LogP contribution is 2.30. The third-order valence-corrected chi connectivity index (χ3v) is 4.42. The van der Waals surface area contributed by atoms with Gasteiger partial charge in [0.05, 0.1) is 27.0 Å². The SMILES string of the molecule is O=C(O)c1cc(-c2ccc(Cl)cc2)nc(-c2ccc(Cl)c(Cl)c2)c1. The monoisotopic (exact) mass is 377 g/mol. The largest absolute Gasteiger partial charge is 0.478 e. The number of hydrogen-bond acceptors (Lipinski definition) is 2. The summed E-state index contributed by atoms with van der Waals surface area (Å²) in [6.45, 7) is 0. The molecule has 120 valence electrons. The predicted octanol–water partition coefficient (Wildman–Crippen LogP) is 6.07. The Kier molecular flexibility index (Phi) is 4.76. The van der Waals surface area contributed by atoms with E-state index in [1.807, 2.05) is 0 Å². The molecule has 0 unspecified atom stereocenters. The Bertz CT molecular complexity index is 924. The molecule has 1 heterocycles. The van der Waals surface area contributed by atoms with Crippen LogP contribution >= 0.6 is 34.8 Å². The van der Waals surface area contributed by atoms with Gasteiger partial charge in [0.1, 0.15) is 0 Å². The number of carbonyl (C=O) groups is 1. The highest BCUT2D eigenvalue weighted by Gasteiger charge is 2.12. The van der Waals surface area contributed by atoms with Crippen molar-refractivity contribution in [2.45, 2.75) is 0 Å². The van der Waals surface area contributed by atoms with Crippen molar-refractivity contribution in [1.82, 2.24) is 4.98 Å². The molecular formula is C18H10Cl3NO2. The molecule has 3 aromatic rings. The number of benzene rings is 2. The standard InChI is InChI=1S/C18H10Cl3NO2/c19-13-4-1-10(2-5-13)16-8-12(18(23)24)9-17(22-16)11-3-6-14(20)15(21)7-11/h1-9H,(H,23,24). The molecule has 1 aromatic heterocycles. The Labute approximate surface area is 153 Å². The number of nitrogens with zero attached hydrogens (tertiary/aromatic N) is 1. The molecule has 2 aromatic carbocycles. The molecule has 0 radical (unpaired) electrons. The average Bonchev–Trinajstić information content (AvgIpc) is 2.57. The van der Waals surface area contributed by atoms with E-state index in [9.17, 15) is 9.90 Å². The van der Waals surface area contributed by atoms with Gasteiger partial charge in [-0.25, -0.2) is 9.78 Å². The second-order valence-corrected chi connectivity index (χ2v) is 6.32. The van der Waals surface area contributed by atoms with E-state index in [-0.39, 0.29) is 5.56 Å². The van der Waals surface area contributed by atoms with E-state index in [1.165, 1.54) is 12.1 Å². The van der Waals surface area contributed by atoms with Gasteiger partial charge in [0.15, 0.2) is 0 Å². The van der Waals surface area contributed by atoms with Crippen molar-refractivity contribution in [2.75, 3.05) is 0 Å². The van der Waals surface area contributed by atoms with Gasteiger partial charge in [-0.2, -0.15) is 0 Å². The van der Waals surface area contributed by atoms with Gasteiger partial charge in [0.25, 0.3) is 0 Å². The molecule has 3 rings (SSSR count). The van der Waals surface area contributed by atoms with Crippen LogP contribution < -0.4 is 0 Å². The minimum absolute atomic E-state index is 0.135. The van der Waals surface area contributed by atoms with Gasteiger partial charge >= 0.3 is 5.97 Å². The topological polar surface area (TPSA) is 50.2 Å². The molecule has 0 fully saturated rings. The molecule has 0 saturated carbocycles. The van der Waals surface area contributed by atoms with Gasteiger partial charge in [0, 0.05) is 16.1 Å². The number of halogens is 3. The van der Waals surface area contributed by atoms with Crippen molar-refractivity contribution in [3.63, 3.8) is 0 Å². The van der Waals surface area contributed by atoms with Gasteiger partial charge in [-0.3, -0.25) is 0 Å². The molecule has 24 heavy (non-hydrogen) atoms. The summed E-state index contributed by atoms with van der Waals surface area (Å²) in [7, 11) is 0. The smallest absolute Gasteiger partial charge is 0.335 e. The summed E-state index contributed by atoms with van der Waals surface area (Å²) in [5.74, 6) is -1.03. The third-order valence-electron chi connectivity index (χ3n) is 3.43. The lowest BCUT2D eigenvalue weighted by Crippen LogP contribution is -2.00. The zero-order chi connectivity index (χ0) is 17.3. The van der Waals surface area contributed by atoms with E-state index < -0.39 is 5.97 Å². The number of carboxylic acid groups (broad SMARTS) is 1. The van der Waals surface area contributed by atoms with Gasteiger partial charge in [0.2, 0.25) is 0 Å². The van der Waals surface area contributed by atoms with Crippen LogP contribution in [0.4, 0.5) is 0 Å². The first kappa shape index (κ1) is 16.8. The molecule has 0 aliphatic heterocycles. The maximum atomic E-state index is 11.4. The van der Waals surface area contributed by atoms with Crippen molar-refractivity contribution < 1.29 is 9.90 Å². The van der Waals surface area contributed by atoms with Crippen LogP contribution in [0.2, 0.25) is 15.1 Å². The van der Waals surface area contributed by atoms with Crippen LogP contribution in [0.25, 0.3) is 22.5 Å². The third kappa shape index (κ3) is 3.54. The van der Waals surface area contributed by atoms with Crippen molar-refractivity contribution in [2.24, 2.45) is 0 Å². The van der Waals surface area contributed by atoms with Crippen LogP contribution in [-0.4, -0.2) is 16.1 Å². The fourth-order valence-corrected chi connectivity index (χ4v) is 2.65. The van der Waals surface area contributed by atoms with Gasteiger partial charge < -0.3 is 5.11 Å². The van der Waals surface area contributed by atoms with Crippen LogP contribution in [0, 0.1) is 0 Å². The quantitative estimate of drug-likeness (QED) is 0.601. The first-order valence-electron chi connectivity index (χ1n) is 6.91. The highest BCUT2D eigenvalue weighted by molar-refractivity contribution is 6.42. The Hall–Kier alpha value is -2.07. The first-order valence-corrected chi connectivity index (χ1v) is 8.04. The van der Waals surface area contributed by atoms with Crippen LogP contribution in [-0.2, 0) is 0 Å². The lowest BCUT2D eigenvalue weighted by molar-refractivity contribution is 0.0697. The number of rotatable bonds is 3. The van der Waals surface area contributed by atoms with Crippen LogP contribution in [0.5, 0.6) is 0 Å². The Morgan fingerprint density at radius 1 is 0.792 bits per heavy atom. The lowest BCUT2D eigenvalue weighted by Gasteiger charge is -2.08. The molecule has 0 spiro atoms. The van der Waals surface area contributed by atoms with Gasteiger partial charge in [-0.1, -0.05) is 53.0 Å². The summed E-state index contributed by atoms with van der Waals surface area (Å²) in [5, 5.41) is 10.8. The van der Waals surface area contributed by atoms with E-state index in [1.54, 1.807) is 42.5 Å². The van der Waals surface area contributed by atoms with Crippen molar-refractivity contribution >= 4 is 40.8 Å². The Morgan fingerprint density at radius 3 is 1.96 bits per heavy atom. The summed E-state index contributed by atoms with van der Waals surface area (Å²) < 4.78 is 0. The van der Waals surface area contributed by atoms with Crippen LogP contribution in [0.1, 0.15) is 10.4 Å². The molecule has 0 atom stereocenters. The Morgan fingerprint density at radius 2 is 1.38 bits per heavy atom. The van der Waals surface area contributed by atoms with Gasteiger partial charge in [-0.15, -0.1) is 0 Å². The van der Waals surface area contributed by atoms with Crippen LogP contribution in [0.15, 0.2) is 54.6 Å². The summed E-state index contributed by atoms with van der Waals surface area (Å²) in [6.07, 6.45) is 0. The average molecular weight is 379 g/mol. The molecule has 0 bridgehead atoms. The normalized spacial score (nSPS) is 10.6. The Balaban J connectivity index is 2.17. The van der Waals surface area contributed by atoms with Crippen molar-refractivity contribution in [3.05, 3.63) is 75.2 Å². The van der Waals surface area contributed by atoms with Crippen molar-refractivity contribution in [3.8, 4) is 22.5 Å². The zero-order valence-corrected chi connectivity index (χ0v) is 14.4. The maximum absolute atomic E-state index is 11.4. The number of aromatic carboxylic acids is 1. The number of carboxylic acids is 1. The number of hydrogen-bond donors (Lipinski definition) is 1. The second-order valence-electron chi connectivity index (χ2n) is 5.07. The molecule has 3 nitrogen and oxygen atoms in total. The molecule has 0 aliphatic rings. The number of aromatic nitrogens is 1. The van der Waals surface area contributed by atoms with E-state index in [4.69, 9.17) is 34.8 Å². The molecule has 0 saturated heterocycles. The summed E-state index contributed by atoms with van der Waals surface area (Å²) in [5.41, 5.74) is 2.62. The fourth-order valence-electron chi connectivity index (χ4n) is 2.23. The molecular weight excluding hydrogens is 369 g/mol. The first-order chi connectivity index (χ1) is 11.4. The minimum atomic E-state index is -1.03. The molecule has 6 heteroatoms. The molecule has 1 N–H and O–H groups in total. The fraction of sp³-hybridized carbons (Fsp3) is 0. The van der Waals surface area contributed by atoms with Crippen LogP contribution in [0.3, 0.4) is 0 Å². The maximum Gasteiger partial charge on any atom is 0.335 e. The lowest BCUT2D eigenvalue weighted by atomic mass is 10.0. The van der Waals surface area contributed by atoms with E-state index >= 15 is 0 Å². The summed E-state index contributed by atoms with van der Waals surface area (Å²) in [4.78, 5) is 16.0. The van der Waals surface area contributed by atoms with Crippen molar-refractivity contribution in [1.29, 1.82) is 0 Å². The number of pyridine rings is 1. The zero-order valence-electron chi connectivity index (χ0n) is 12.1. The van der Waals surface area contributed by atoms with E-state index in [0.717, 1.165) is 5.56 Å².